The average Bonchev–Trinajstić information content (AvgIpc) is 2.90. The highest BCUT2D eigenvalue weighted by molar-refractivity contribution is 5.80. The van der Waals surface area contributed by atoms with Crippen LogP contribution in [0.3, 0.4) is 0 Å². The summed E-state index contributed by atoms with van der Waals surface area (Å²) in [5, 5.41) is 14.5. The zero-order valence-electron chi connectivity index (χ0n) is 12.0. The van der Waals surface area contributed by atoms with Crippen molar-refractivity contribution >= 4 is 5.91 Å². The number of hydrogen-bond donors (Lipinski definition) is 1. The number of amides is 1. The van der Waals surface area contributed by atoms with Gasteiger partial charge in [0, 0.05) is 12.1 Å². The molecule has 0 radical (unpaired) electrons. The number of carbonyl (C=O) groups excluding carboxylic acids is 1. The smallest absolute Gasteiger partial charge is 0.354 e. The van der Waals surface area contributed by atoms with Crippen molar-refractivity contribution in [2.24, 2.45) is 0 Å². The van der Waals surface area contributed by atoms with Crippen LogP contribution in [0.25, 0.3) is 11.4 Å². The number of hydrogen-bond acceptors (Lipinski definition) is 4. The third kappa shape index (κ3) is 3.33. The molecule has 1 N–H and O–H groups in total. The first kappa shape index (κ1) is 15.4. The highest BCUT2D eigenvalue weighted by atomic mass is 19.4. The van der Waals surface area contributed by atoms with Crippen molar-refractivity contribution in [2.45, 2.75) is 31.5 Å². The molecule has 1 aliphatic rings. The minimum Gasteiger partial charge on any atom is -0.354 e. The van der Waals surface area contributed by atoms with Gasteiger partial charge < -0.3 is 5.32 Å². The molecule has 0 unspecified atom stereocenters. The van der Waals surface area contributed by atoms with E-state index in [0.29, 0.717) is 13.0 Å². The predicted octanol–water partition coefficient (Wildman–Crippen LogP) is 2.20. The zero-order chi connectivity index (χ0) is 16.4. The quantitative estimate of drug-likeness (QED) is 0.919. The molecular weight excluding hydrogens is 311 g/mol. The van der Waals surface area contributed by atoms with Gasteiger partial charge in [-0.25, -0.2) is 0 Å². The standard InChI is InChI=1S/C14H14F3N5O/c15-14(16,17)10-5-3-4-9(8-10)12-19-21-22(20-12)11-6-1-2-7-18-13(11)23/h3-5,8,11H,1-2,6-7H2,(H,18,23)/t11-/m1/s1. The van der Waals surface area contributed by atoms with E-state index in [1.807, 2.05) is 0 Å². The molecule has 1 amide bonds. The lowest BCUT2D eigenvalue weighted by Gasteiger charge is -2.10. The Morgan fingerprint density at radius 3 is 2.87 bits per heavy atom. The van der Waals surface area contributed by atoms with Crippen LogP contribution in [0.5, 0.6) is 0 Å². The highest BCUT2D eigenvalue weighted by Crippen LogP contribution is 2.31. The first-order valence-corrected chi connectivity index (χ1v) is 7.20. The lowest BCUT2D eigenvalue weighted by molar-refractivity contribution is -0.137. The van der Waals surface area contributed by atoms with Gasteiger partial charge in [-0.05, 0) is 36.6 Å². The van der Waals surface area contributed by atoms with Crippen molar-refractivity contribution in [2.75, 3.05) is 6.54 Å². The summed E-state index contributed by atoms with van der Waals surface area (Å²) in [5.41, 5.74) is -0.571. The summed E-state index contributed by atoms with van der Waals surface area (Å²) in [6, 6.07) is 4.13. The maximum Gasteiger partial charge on any atom is 0.416 e. The van der Waals surface area contributed by atoms with Gasteiger partial charge in [-0.3, -0.25) is 4.79 Å². The van der Waals surface area contributed by atoms with Crippen molar-refractivity contribution in [1.82, 2.24) is 25.5 Å². The number of halogens is 3. The highest BCUT2D eigenvalue weighted by Gasteiger charge is 2.31. The number of tetrazole rings is 1. The van der Waals surface area contributed by atoms with E-state index in [1.165, 1.54) is 16.9 Å². The number of benzene rings is 1. The zero-order valence-corrected chi connectivity index (χ0v) is 12.0. The van der Waals surface area contributed by atoms with E-state index in [4.69, 9.17) is 0 Å². The Kier molecular flexibility index (Phi) is 4.01. The third-order valence-electron chi connectivity index (χ3n) is 3.66. The largest absolute Gasteiger partial charge is 0.416 e. The number of aromatic nitrogens is 4. The van der Waals surface area contributed by atoms with Crippen LogP contribution in [0.1, 0.15) is 30.9 Å². The lowest BCUT2D eigenvalue weighted by Crippen LogP contribution is -2.32. The van der Waals surface area contributed by atoms with E-state index in [1.54, 1.807) is 0 Å². The van der Waals surface area contributed by atoms with E-state index in [0.717, 1.165) is 25.0 Å². The molecule has 1 saturated heterocycles. The molecule has 1 aromatic carbocycles. The Morgan fingerprint density at radius 2 is 2.09 bits per heavy atom. The number of rotatable bonds is 2. The van der Waals surface area contributed by atoms with Gasteiger partial charge in [-0.15, -0.1) is 10.2 Å². The van der Waals surface area contributed by atoms with Gasteiger partial charge in [0.05, 0.1) is 5.56 Å². The monoisotopic (exact) mass is 325 g/mol. The van der Waals surface area contributed by atoms with E-state index in [-0.39, 0.29) is 17.3 Å². The maximum atomic E-state index is 12.8. The van der Waals surface area contributed by atoms with Gasteiger partial charge >= 0.3 is 6.18 Å². The molecule has 3 rings (SSSR count). The molecule has 0 spiro atoms. The second-order valence-corrected chi connectivity index (χ2v) is 5.31. The van der Waals surface area contributed by atoms with Crippen molar-refractivity contribution in [3.63, 3.8) is 0 Å². The molecule has 2 heterocycles. The van der Waals surface area contributed by atoms with Crippen molar-refractivity contribution in [1.29, 1.82) is 0 Å². The summed E-state index contributed by atoms with van der Waals surface area (Å²) in [6.45, 7) is 0.602. The van der Waals surface area contributed by atoms with Gasteiger partial charge in [0.15, 0.2) is 6.04 Å². The van der Waals surface area contributed by atoms with E-state index in [2.05, 4.69) is 20.7 Å². The van der Waals surface area contributed by atoms with Crippen LogP contribution in [-0.2, 0) is 11.0 Å². The van der Waals surface area contributed by atoms with E-state index in [9.17, 15) is 18.0 Å². The molecule has 0 saturated carbocycles. The Balaban J connectivity index is 1.88. The van der Waals surface area contributed by atoms with E-state index < -0.39 is 17.8 Å². The fraction of sp³-hybridized carbons (Fsp3) is 0.429. The van der Waals surface area contributed by atoms with Gasteiger partial charge in [0.1, 0.15) is 0 Å². The van der Waals surface area contributed by atoms with E-state index >= 15 is 0 Å². The Morgan fingerprint density at radius 1 is 1.26 bits per heavy atom. The molecule has 0 bridgehead atoms. The molecule has 122 valence electrons. The van der Waals surface area contributed by atoms with Crippen LogP contribution in [0.4, 0.5) is 13.2 Å². The lowest BCUT2D eigenvalue weighted by atomic mass is 10.1. The van der Waals surface area contributed by atoms with Gasteiger partial charge in [0.2, 0.25) is 11.7 Å². The van der Waals surface area contributed by atoms with Crippen molar-refractivity contribution in [3.05, 3.63) is 29.8 Å². The fourth-order valence-electron chi connectivity index (χ4n) is 2.45. The summed E-state index contributed by atoms with van der Waals surface area (Å²) in [6.07, 6.45) is -2.15. The minimum atomic E-state index is -4.44. The summed E-state index contributed by atoms with van der Waals surface area (Å²) in [4.78, 5) is 13.1. The van der Waals surface area contributed by atoms with Crippen LogP contribution in [0.15, 0.2) is 24.3 Å². The molecular formula is C14H14F3N5O. The maximum absolute atomic E-state index is 12.8. The predicted molar refractivity (Wildman–Crippen MR) is 74.2 cm³/mol. The third-order valence-corrected chi connectivity index (χ3v) is 3.66. The number of alkyl halides is 3. The summed E-state index contributed by atoms with van der Waals surface area (Å²) >= 11 is 0. The molecule has 1 aromatic heterocycles. The van der Waals surface area contributed by atoms with Crippen LogP contribution >= 0.6 is 0 Å². The fourth-order valence-corrected chi connectivity index (χ4v) is 2.45. The second-order valence-electron chi connectivity index (χ2n) is 5.31. The van der Waals surface area contributed by atoms with Crippen LogP contribution in [0.2, 0.25) is 0 Å². The molecule has 2 aromatic rings. The second kappa shape index (κ2) is 5.98. The SMILES string of the molecule is O=C1NCCCC[C@H]1n1nnc(-c2cccc(C(F)(F)F)c2)n1. The van der Waals surface area contributed by atoms with Crippen LogP contribution < -0.4 is 5.32 Å². The van der Waals surface area contributed by atoms with Gasteiger partial charge in [0.25, 0.3) is 0 Å². The summed E-state index contributed by atoms with van der Waals surface area (Å²) < 4.78 is 38.3. The molecule has 23 heavy (non-hydrogen) atoms. The molecule has 9 heteroatoms. The number of nitrogens with one attached hydrogen (secondary N) is 1. The van der Waals surface area contributed by atoms with Crippen LogP contribution in [0, 0.1) is 0 Å². The van der Waals surface area contributed by atoms with Crippen molar-refractivity contribution < 1.29 is 18.0 Å². The first-order chi connectivity index (χ1) is 10.9. The van der Waals surface area contributed by atoms with Crippen LogP contribution in [-0.4, -0.2) is 32.7 Å². The number of carbonyl (C=O) groups is 1. The normalized spacial score (nSPS) is 19.3. The molecule has 0 aliphatic carbocycles. The molecule has 1 fully saturated rings. The Bertz CT molecular complexity index is 712. The van der Waals surface area contributed by atoms with Gasteiger partial charge in [-0.1, -0.05) is 12.1 Å². The molecule has 1 aliphatic heterocycles. The first-order valence-electron chi connectivity index (χ1n) is 7.20. The summed E-state index contributed by atoms with van der Waals surface area (Å²) in [7, 11) is 0. The number of nitrogens with zero attached hydrogens (tertiary/aromatic N) is 4. The average molecular weight is 325 g/mol. The molecule has 6 nitrogen and oxygen atoms in total. The topological polar surface area (TPSA) is 72.7 Å². The minimum absolute atomic E-state index is 0.0631. The molecule has 1 atom stereocenters. The Labute approximate surface area is 129 Å². The van der Waals surface area contributed by atoms with Crippen molar-refractivity contribution in [3.8, 4) is 11.4 Å². The summed E-state index contributed by atoms with van der Waals surface area (Å²) in [5.74, 6) is -0.136. The van der Waals surface area contributed by atoms with Gasteiger partial charge in [-0.2, -0.15) is 18.0 Å². The Hall–Kier alpha value is -2.45.